The Bertz CT molecular complexity index is 497. The number of carbonyl (C=O) groups excluding carboxylic acids is 1. The molecule has 1 unspecified atom stereocenters. The smallest absolute Gasteiger partial charge is 0.151 e. The number of carbonyl (C=O) groups is 1. The number of nitrogens with one attached hydrogen (secondary N) is 1. The van der Waals surface area contributed by atoms with E-state index < -0.39 is 0 Å². The Kier molecular flexibility index (Phi) is 2.64. The van der Waals surface area contributed by atoms with Crippen molar-refractivity contribution in [2.24, 2.45) is 0 Å². The first-order chi connectivity index (χ1) is 7.65. The van der Waals surface area contributed by atoms with Crippen LogP contribution in [0.15, 0.2) is 18.5 Å². The van der Waals surface area contributed by atoms with Crippen molar-refractivity contribution in [1.82, 2.24) is 14.5 Å². The van der Waals surface area contributed by atoms with E-state index in [0.717, 1.165) is 29.1 Å². The summed E-state index contributed by atoms with van der Waals surface area (Å²) in [5.41, 5.74) is 2.80. The van der Waals surface area contributed by atoms with Crippen LogP contribution in [-0.4, -0.2) is 20.8 Å². The van der Waals surface area contributed by atoms with Crippen molar-refractivity contribution in [1.29, 1.82) is 0 Å². The van der Waals surface area contributed by atoms with Crippen LogP contribution in [0.5, 0.6) is 0 Å². The molecule has 1 atom stereocenters. The normalized spacial score (nSPS) is 12.7. The van der Waals surface area contributed by atoms with Crippen molar-refractivity contribution in [3.05, 3.63) is 41.2 Å². The first kappa shape index (κ1) is 10.7. The Hall–Kier alpha value is -1.84. The number of aldehydes is 1. The second kappa shape index (κ2) is 3.96. The van der Waals surface area contributed by atoms with Gasteiger partial charge in [-0.15, -0.1) is 0 Å². The van der Waals surface area contributed by atoms with E-state index in [1.807, 2.05) is 19.9 Å². The predicted octanol–water partition coefficient (Wildman–Crippen LogP) is 2.25. The van der Waals surface area contributed by atoms with Crippen molar-refractivity contribution < 1.29 is 4.79 Å². The summed E-state index contributed by atoms with van der Waals surface area (Å²) >= 11 is 0. The highest BCUT2D eigenvalue weighted by molar-refractivity contribution is 5.77. The zero-order valence-corrected chi connectivity index (χ0v) is 9.69. The highest BCUT2D eigenvalue weighted by atomic mass is 16.1. The predicted molar refractivity (Wildman–Crippen MR) is 61.7 cm³/mol. The maximum absolute atomic E-state index is 10.9. The molecule has 0 spiro atoms. The zero-order valence-electron chi connectivity index (χ0n) is 9.69. The van der Waals surface area contributed by atoms with E-state index in [1.165, 1.54) is 0 Å². The summed E-state index contributed by atoms with van der Waals surface area (Å²) in [7, 11) is 0. The Morgan fingerprint density at radius 2 is 2.25 bits per heavy atom. The van der Waals surface area contributed by atoms with Crippen LogP contribution in [0.25, 0.3) is 0 Å². The average molecular weight is 217 g/mol. The number of aryl methyl sites for hydroxylation is 1. The first-order valence-electron chi connectivity index (χ1n) is 5.28. The Morgan fingerprint density at radius 1 is 1.50 bits per heavy atom. The minimum atomic E-state index is 0.115. The van der Waals surface area contributed by atoms with Gasteiger partial charge in [0.05, 0.1) is 6.04 Å². The van der Waals surface area contributed by atoms with E-state index in [4.69, 9.17) is 0 Å². The van der Waals surface area contributed by atoms with Crippen LogP contribution in [0.3, 0.4) is 0 Å². The summed E-state index contributed by atoms with van der Waals surface area (Å²) in [5, 5.41) is 0. The fraction of sp³-hybridized carbons (Fsp3) is 0.333. The van der Waals surface area contributed by atoms with Crippen LogP contribution >= 0.6 is 0 Å². The average Bonchev–Trinajstić information content (AvgIpc) is 2.86. The number of H-pyrrole nitrogens is 1. The fourth-order valence-electron chi connectivity index (χ4n) is 2.15. The number of aromatic nitrogens is 3. The lowest BCUT2D eigenvalue weighted by Crippen LogP contribution is -2.11. The van der Waals surface area contributed by atoms with Crippen LogP contribution in [0.2, 0.25) is 0 Å². The molecule has 0 saturated carbocycles. The Labute approximate surface area is 94.3 Å². The molecule has 0 aliphatic rings. The molecule has 0 aliphatic carbocycles. The Balaban J connectivity index is 2.48. The Morgan fingerprint density at radius 3 is 2.75 bits per heavy atom. The lowest BCUT2D eigenvalue weighted by molar-refractivity contribution is 0.112. The topological polar surface area (TPSA) is 50.7 Å². The summed E-state index contributed by atoms with van der Waals surface area (Å²) in [6.45, 7) is 6.02. The summed E-state index contributed by atoms with van der Waals surface area (Å²) < 4.78 is 2.11. The molecule has 84 valence electrons. The summed E-state index contributed by atoms with van der Waals surface area (Å²) in [4.78, 5) is 18.2. The van der Waals surface area contributed by atoms with Crippen LogP contribution in [0.1, 0.15) is 40.5 Å². The molecule has 0 radical (unpaired) electrons. The van der Waals surface area contributed by atoms with Gasteiger partial charge in [-0.3, -0.25) is 4.79 Å². The second-order valence-corrected chi connectivity index (χ2v) is 3.96. The van der Waals surface area contributed by atoms with Gasteiger partial charge in [-0.1, -0.05) is 0 Å². The molecular formula is C12H15N3O. The van der Waals surface area contributed by atoms with Crippen LogP contribution in [0.4, 0.5) is 0 Å². The highest BCUT2D eigenvalue weighted by Crippen LogP contribution is 2.22. The molecule has 2 aromatic rings. The summed E-state index contributed by atoms with van der Waals surface area (Å²) in [6, 6.07) is 2.02. The third-order valence-corrected chi connectivity index (χ3v) is 2.95. The molecule has 4 heteroatoms. The van der Waals surface area contributed by atoms with E-state index in [2.05, 4.69) is 21.5 Å². The number of hydrogen-bond acceptors (Lipinski definition) is 2. The molecule has 16 heavy (non-hydrogen) atoms. The third kappa shape index (κ3) is 1.56. The van der Waals surface area contributed by atoms with Gasteiger partial charge in [0.1, 0.15) is 5.82 Å². The summed E-state index contributed by atoms with van der Waals surface area (Å²) in [5.74, 6) is 0.902. The van der Waals surface area contributed by atoms with Gasteiger partial charge >= 0.3 is 0 Å². The molecule has 0 saturated heterocycles. The molecule has 0 fully saturated rings. The van der Waals surface area contributed by atoms with E-state index in [9.17, 15) is 4.79 Å². The van der Waals surface area contributed by atoms with Crippen LogP contribution < -0.4 is 0 Å². The van der Waals surface area contributed by atoms with Crippen LogP contribution in [-0.2, 0) is 0 Å². The maximum Gasteiger partial charge on any atom is 0.151 e. The van der Waals surface area contributed by atoms with Gasteiger partial charge in [0.2, 0.25) is 0 Å². The molecule has 2 rings (SSSR count). The largest absolute Gasteiger partial charge is 0.347 e. The minimum absolute atomic E-state index is 0.115. The highest BCUT2D eigenvalue weighted by Gasteiger charge is 2.16. The zero-order chi connectivity index (χ0) is 11.7. The van der Waals surface area contributed by atoms with Gasteiger partial charge in [-0.2, -0.15) is 0 Å². The molecular weight excluding hydrogens is 202 g/mol. The van der Waals surface area contributed by atoms with Crippen LogP contribution in [0, 0.1) is 13.8 Å². The van der Waals surface area contributed by atoms with Gasteiger partial charge in [0.25, 0.3) is 0 Å². The molecule has 0 aliphatic heterocycles. The number of aromatic amines is 1. The van der Waals surface area contributed by atoms with Crippen molar-refractivity contribution >= 4 is 6.29 Å². The van der Waals surface area contributed by atoms with Crippen molar-refractivity contribution in [3.8, 4) is 0 Å². The molecule has 0 bridgehead atoms. The van der Waals surface area contributed by atoms with Crippen molar-refractivity contribution in [2.45, 2.75) is 26.8 Å². The lowest BCUT2D eigenvalue weighted by atomic mass is 10.2. The van der Waals surface area contributed by atoms with Gasteiger partial charge < -0.3 is 9.55 Å². The van der Waals surface area contributed by atoms with Gasteiger partial charge in [0, 0.05) is 29.3 Å². The van der Waals surface area contributed by atoms with E-state index in [0.29, 0.717) is 0 Å². The van der Waals surface area contributed by atoms with E-state index >= 15 is 0 Å². The van der Waals surface area contributed by atoms with Crippen molar-refractivity contribution in [2.75, 3.05) is 0 Å². The standard InChI is InChI=1S/C12H15N3O/c1-8-6-11(7-16)9(2)15(8)10(3)12-13-4-5-14-12/h4-7,10H,1-3H3,(H,13,14). The SMILES string of the molecule is Cc1cc(C=O)c(C)n1C(C)c1ncc[nH]1. The second-order valence-electron chi connectivity index (χ2n) is 3.96. The van der Waals surface area contributed by atoms with E-state index in [-0.39, 0.29) is 6.04 Å². The number of imidazole rings is 1. The maximum atomic E-state index is 10.9. The molecule has 1 N–H and O–H groups in total. The molecule has 0 amide bonds. The lowest BCUT2D eigenvalue weighted by Gasteiger charge is -2.16. The van der Waals surface area contributed by atoms with E-state index in [1.54, 1.807) is 12.4 Å². The third-order valence-electron chi connectivity index (χ3n) is 2.95. The first-order valence-corrected chi connectivity index (χ1v) is 5.28. The quantitative estimate of drug-likeness (QED) is 0.802. The monoisotopic (exact) mass is 217 g/mol. The molecule has 0 aromatic carbocycles. The fourth-order valence-corrected chi connectivity index (χ4v) is 2.15. The number of nitrogens with zero attached hydrogens (tertiary/aromatic N) is 2. The van der Waals surface area contributed by atoms with Gasteiger partial charge in [0.15, 0.2) is 6.29 Å². The van der Waals surface area contributed by atoms with Gasteiger partial charge in [-0.05, 0) is 26.8 Å². The molecule has 2 aromatic heterocycles. The molecule has 4 nitrogen and oxygen atoms in total. The number of hydrogen-bond donors (Lipinski definition) is 1. The summed E-state index contributed by atoms with van der Waals surface area (Å²) in [6.07, 6.45) is 4.44. The van der Waals surface area contributed by atoms with Gasteiger partial charge in [-0.25, -0.2) is 4.98 Å². The molecule has 2 heterocycles. The number of rotatable bonds is 3. The van der Waals surface area contributed by atoms with Crippen molar-refractivity contribution in [3.63, 3.8) is 0 Å². The minimum Gasteiger partial charge on any atom is -0.347 e.